The second-order valence-corrected chi connectivity index (χ2v) is 16.2. The van der Waals surface area contributed by atoms with E-state index in [1.165, 1.54) is 7.11 Å². The zero-order chi connectivity index (χ0) is 24.4. The average molecular weight is 463 g/mol. The van der Waals surface area contributed by atoms with Crippen LogP contribution in [0.3, 0.4) is 0 Å². The van der Waals surface area contributed by atoms with Gasteiger partial charge in [0.2, 0.25) is 5.79 Å². The van der Waals surface area contributed by atoms with E-state index in [9.17, 15) is 9.90 Å². The summed E-state index contributed by atoms with van der Waals surface area (Å²) < 4.78 is 29.5. The van der Waals surface area contributed by atoms with Gasteiger partial charge in [-0.25, -0.2) is 0 Å². The molecule has 0 saturated carbocycles. The first kappa shape index (κ1) is 28.5. The second-order valence-electron chi connectivity index (χ2n) is 11.5. The molecule has 1 fully saturated rings. The minimum Gasteiger partial charge on any atom is -0.460 e. The molecule has 1 heterocycles. The molecule has 8 heteroatoms. The Morgan fingerprint density at radius 2 is 1.71 bits per heavy atom. The van der Waals surface area contributed by atoms with Crippen molar-refractivity contribution < 1.29 is 33.3 Å². The number of hydrogen-bond acceptors (Lipinski definition) is 7. The van der Waals surface area contributed by atoms with E-state index in [1.54, 1.807) is 27.9 Å². The Kier molecular flexibility index (Phi) is 9.36. The highest BCUT2D eigenvalue weighted by molar-refractivity contribution is 6.74. The van der Waals surface area contributed by atoms with Gasteiger partial charge in [-0.3, -0.25) is 4.79 Å². The van der Waals surface area contributed by atoms with Crippen molar-refractivity contribution in [2.24, 2.45) is 11.8 Å². The Hall–Kier alpha value is -0.513. The van der Waals surface area contributed by atoms with Crippen LogP contribution in [0.1, 0.15) is 61.8 Å². The molecule has 0 spiro atoms. The summed E-state index contributed by atoms with van der Waals surface area (Å²) in [5.74, 6) is -2.52. The molecule has 0 aliphatic carbocycles. The summed E-state index contributed by atoms with van der Waals surface area (Å²) in [6.07, 6.45) is -2.01. The van der Waals surface area contributed by atoms with Crippen LogP contribution in [0.5, 0.6) is 0 Å². The maximum Gasteiger partial charge on any atom is 0.311 e. The molecule has 0 amide bonds. The first-order valence-electron chi connectivity index (χ1n) is 11.2. The molecule has 7 nitrogen and oxygen atoms in total. The number of methoxy groups -OCH3 is 2. The highest BCUT2D eigenvalue weighted by Crippen LogP contribution is 2.44. The molecular formula is C23H46O7Si. The smallest absolute Gasteiger partial charge is 0.311 e. The van der Waals surface area contributed by atoms with Gasteiger partial charge in [0.25, 0.3) is 0 Å². The largest absolute Gasteiger partial charge is 0.460 e. The van der Waals surface area contributed by atoms with E-state index in [0.717, 1.165) is 0 Å². The molecule has 0 aromatic carbocycles. The minimum absolute atomic E-state index is 0.0199. The van der Waals surface area contributed by atoms with Gasteiger partial charge in [0, 0.05) is 26.1 Å². The second kappa shape index (κ2) is 10.2. The zero-order valence-electron chi connectivity index (χ0n) is 21.7. The number of hydrogen-bond donors (Lipinski definition) is 1. The van der Waals surface area contributed by atoms with Gasteiger partial charge in [0.15, 0.2) is 8.32 Å². The first-order chi connectivity index (χ1) is 13.9. The quantitative estimate of drug-likeness (QED) is 0.429. The van der Waals surface area contributed by atoms with Gasteiger partial charge >= 0.3 is 5.97 Å². The van der Waals surface area contributed by atoms with Gasteiger partial charge in [-0.05, 0) is 38.9 Å². The predicted molar refractivity (Wildman–Crippen MR) is 123 cm³/mol. The van der Waals surface area contributed by atoms with Crippen molar-refractivity contribution in [1.82, 2.24) is 0 Å². The van der Waals surface area contributed by atoms with E-state index >= 15 is 0 Å². The van der Waals surface area contributed by atoms with Crippen LogP contribution in [0, 0.1) is 11.8 Å². The van der Waals surface area contributed by atoms with Gasteiger partial charge < -0.3 is 28.5 Å². The van der Waals surface area contributed by atoms with Crippen molar-refractivity contribution in [3.05, 3.63) is 0 Å². The molecule has 1 aliphatic heterocycles. The Morgan fingerprint density at radius 3 is 2.13 bits per heavy atom. The summed E-state index contributed by atoms with van der Waals surface area (Å²) in [4.78, 5) is 12.7. The van der Waals surface area contributed by atoms with Crippen LogP contribution in [0.15, 0.2) is 0 Å². The lowest BCUT2D eigenvalue weighted by molar-refractivity contribution is -0.346. The van der Waals surface area contributed by atoms with E-state index in [4.69, 9.17) is 23.4 Å². The molecule has 0 unspecified atom stereocenters. The van der Waals surface area contributed by atoms with Crippen LogP contribution >= 0.6 is 0 Å². The summed E-state index contributed by atoms with van der Waals surface area (Å²) in [6.45, 7) is 20.7. The van der Waals surface area contributed by atoms with Crippen molar-refractivity contribution >= 4 is 14.3 Å². The Balaban J connectivity index is 3.37. The fourth-order valence-corrected chi connectivity index (χ4v) is 5.22. The average Bonchev–Trinajstić information content (AvgIpc) is 2.55. The first-order valence-corrected chi connectivity index (χ1v) is 14.1. The summed E-state index contributed by atoms with van der Waals surface area (Å²) in [6, 6.07) is 0. The van der Waals surface area contributed by atoms with Gasteiger partial charge in [0.1, 0.15) is 18.1 Å². The molecule has 1 rings (SSSR count). The lowest BCUT2D eigenvalue weighted by Gasteiger charge is -2.53. The summed E-state index contributed by atoms with van der Waals surface area (Å²) >= 11 is 0. The third-order valence-corrected chi connectivity index (χ3v) is 10.9. The van der Waals surface area contributed by atoms with E-state index < -0.39 is 37.9 Å². The number of carbonyl (C=O) groups is 1. The van der Waals surface area contributed by atoms with E-state index in [0.29, 0.717) is 6.61 Å². The summed E-state index contributed by atoms with van der Waals surface area (Å²) in [7, 11) is 0.943. The molecule has 184 valence electrons. The van der Waals surface area contributed by atoms with Crippen LogP contribution < -0.4 is 0 Å². The molecule has 0 radical (unpaired) electrons. The molecule has 0 aromatic heterocycles. The molecular weight excluding hydrogens is 416 g/mol. The third kappa shape index (κ3) is 7.24. The zero-order valence-corrected chi connectivity index (χ0v) is 22.7. The van der Waals surface area contributed by atoms with Crippen molar-refractivity contribution in [2.75, 3.05) is 20.8 Å². The number of ether oxygens (including phenoxy) is 4. The lowest BCUT2D eigenvalue weighted by atomic mass is 9.80. The Labute approximate surface area is 190 Å². The fraction of sp³-hybridized carbons (Fsp3) is 0.957. The van der Waals surface area contributed by atoms with Crippen molar-refractivity contribution in [1.29, 1.82) is 0 Å². The maximum atomic E-state index is 12.7. The standard InChI is InChI=1S/C23H46O7Si/c1-15(14-26-9)18-16(2)19(30-31(11,12)22(6,7)8)20(27-10)23(25,29-18)13-17(24)28-21(3,4)5/h15-16,18-20,25H,13-14H2,1-12H3/t15-,16+,18-,19-,20+,23+/m0/s1. The number of esters is 1. The molecule has 1 saturated heterocycles. The molecule has 0 bridgehead atoms. The molecule has 31 heavy (non-hydrogen) atoms. The van der Waals surface area contributed by atoms with Gasteiger partial charge in [-0.1, -0.05) is 34.6 Å². The third-order valence-electron chi connectivity index (χ3n) is 6.42. The van der Waals surface area contributed by atoms with Crippen LogP contribution in [0.25, 0.3) is 0 Å². The Bertz CT molecular complexity index is 596. The van der Waals surface area contributed by atoms with E-state index in [-0.39, 0.29) is 29.4 Å². The molecule has 1 N–H and O–H groups in total. The van der Waals surface area contributed by atoms with E-state index in [1.807, 2.05) is 13.8 Å². The van der Waals surface area contributed by atoms with Crippen LogP contribution in [0.2, 0.25) is 18.1 Å². The minimum atomic E-state index is -2.21. The highest BCUT2D eigenvalue weighted by atomic mass is 28.4. The van der Waals surface area contributed by atoms with Crippen molar-refractivity contribution in [3.63, 3.8) is 0 Å². The van der Waals surface area contributed by atoms with Crippen molar-refractivity contribution in [2.45, 2.75) is 110 Å². The highest BCUT2D eigenvalue weighted by Gasteiger charge is 2.57. The number of carbonyl (C=O) groups excluding carboxylic acids is 1. The summed E-state index contributed by atoms with van der Waals surface area (Å²) in [5, 5.41) is 11.6. The number of rotatable bonds is 8. The van der Waals surface area contributed by atoms with Gasteiger partial charge in [-0.2, -0.15) is 0 Å². The Morgan fingerprint density at radius 1 is 1.16 bits per heavy atom. The fourth-order valence-electron chi connectivity index (χ4n) is 3.85. The van der Waals surface area contributed by atoms with Crippen LogP contribution in [-0.4, -0.2) is 69.9 Å². The van der Waals surface area contributed by atoms with Gasteiger partial charge in [-0.15, -0.1) is 0 Å². The monoisotopic (exact) mass is 462 g/mol. The molecule has 1 aliphatic rings. The topological polar surface area (TPSA) is 83.5 Å². The predicted octanol–water partition coefficient (Wildman–Crippen LogP) is 4.13. The number of aliphatic hydroxyl groups is 1. The maximum absolute atomic E-state index is 12.7. The molecule has 6 atom stereocenters. The normalized spacial score (nSPS) is 31.4. The van der Waals surface area contributed by atoms with Crippen molar-refractivity contribution in [3.8, 4) is 0 Å². The molecule has 0 aromatic rings. The van der Waals surface area contributed by atoms with Crippen LogP contribution in [-0.2, 0) is 28.2 Å². The van der Waals surface area contributed by atoms with E-state index in [2.05, 4.69) is 33.9 Å². The summed E-state index contributed by atoms with van der Waals surface area (Å²) in [5.41, 5.74) is -0.669. The lowest BCUT2D eigenvalue weighted by Crippen LogP contribution is -2.66. The van der Waals surface area contributed by atoms with Gasteiger partial charge in [0.05, 0.1) is 18.8 Å². The SMILES string of the molecule is COC[C@H](C)[C@@H]1O[C@](O)(CC(=O)OC(C)(C)C)[C@H](OC)[C@@H](O[Si](C)(C)C(C)(C)C)[C@@H]1C. The van der Waals surface area contributed by atoms with Crippen LogP contribution in [0.4, 0.5) is 0 Å².